The van der Waals surface area contributed by atoms with E-state index in [0.717, 1.165) is 108 Å². The first-order valence-electron chi connectivity index (χ1n) is 47.9. The zero-order valence-electron chi connectivity index (χ0n) is 74.2. The van der Waals surface area contributed by atoms with Crippen LogP contribution in [-0.4, -0.2) is 96.7 Å². The summed E-state index contributed by atoms with van der Waals surface area (Å²) in [6, 6.07) is 0. The fourth-order valence-corrected chi connectivity index (χ4v) is 16.1. The predicted octanol–water partition coefficient (Wildman–Crippen LogP) is 28.8. The van der Waals surface area contributed by atoms with Crippen molar-refractivity contribution < 1.29 is 80.2 Å². The summed E-state index contributed by atoms with van der Waals surface area (Å²) in [6.45, 7) is 12.1. The van der Waals surface area contributed by atoms with Gasteiger partial charge in [-0.15, -0.1) is 0 Å². The minimum atomic E-state index is -4.97. The molecule has 0 bridgehead atoms. The monoisotopic (exact) mass is 1630 g/mol. The summed E-state index contributed by atoms with van der Waals surface area (Å²) in [5, 5.41) is 10.7. The molecule has 0 saturated carbocycles. The zero-order chi connectivity index (χ0) is 82.2. The Bertz CT molecular complexity index is 2150. The summed E-state index contributed by atoms with van der Waals surface area (Å²) in [7, 11) is -9.94. The molecular formula is C93H182O17P2. The highest BCUT2D eigenvalue weighted by Crippen LogP contribution is 2.45. The van der Waals surface area contributed by atoms with E-state index in [1.807, 2.05) is 0 Å². The van der Waals surface area contributed by atoms with Crippen molar-refractivity contribution in [3.05, 3.63) is 0 Å². The molecule has 0 aromatic heterocycles. The van der Waals surface area contributed by atoms with Crippen molar-refractivity contribution in [3.8, 4) is 0 Å². The summed E-state index contributed by atoms with van der Waals surface area (Å²) < 4.78 is 69.1. The molecule has 0 radical (unpaired) electrons. The molecule has 17 nitrogen and oxygen atoms in total. The molecule has 0 aliphatic carbocycles. The number of phosphoric acid groups is 2. The van der Waals surface area contributed by atoms with Crippen molar-refractivity contribution in [2.75, 3.05) is 39.6 Å². The van der Waals surface area contributed by atoms with Crippen molar-refractivity contribution in [1.29, 1.82) is 0 Å². The van der Waals surface area contributed by atoms with E-state index in [4.69, 9.17) is 37.0 Å². The number of carbonyl (C=O) groups is 4. The van der Waals surface area contributed by atoms with Gasteiger partial charge in [0, 0.05) is 25.7 Å². The van der Waals surface area contributed by atoms with Gasteiger partial charge in [0.2, 0.25) is 0 Å². The number of esters is 4. The van der Waals surface area contributed by atoms with Crippen molar-refractivity contribution in [2.45, 2.75) is 516 Å². The van der Waals surface area contributed by atoms with E-state index in [-0.39, 0.29) is 25.7 Å². The Morgan fingerprint density at radius 2 is 0.455 bits per heavy atom. The molecule has 0 aliphatic heterocycles. The number of ether oxygens (including phenoxy) is 4. The van der Waals surface area contributed by atoms with Gasteiger partial charge in [0.05, 0.1) is 26.4 Å². The van der Waals surface area contributed by atoms with E-state index < -0.39 is 97.5 Å². The number of hydrogen-bond donors (Lipinski definition) is 3. The number of unbranched alkanes of at least 4 members (excludes halogenated alkanes) is 57. The average Bonchev–Trinajstić information content (AvgIpc) is 0.897. The molecule has 0 amide bonds. The third-order valence-corrected chi connectivity index (χ3v) is 24.5. The fraction of sp³-hybridized carbons (Fsp3) is 0.957. The van der Waals surface area contributed by atoms with Gasteiger partial charge in [0.25, 0.3) is 0 Å². The van der Waals surface area contributed by atoms with E-state index in [1.54, 1.807) is 0 Å². The molecule has 0 rings (SSSR count). The van der Waals surface area contributed by atoms with Crippen molar-refractivity contribution >= 4 is 39.5 Å². The van der Waals surface area contributed by atoms with Crippen LogP contribution in [0.1, 0.15) is 498 Å². The Morgan fingerprint density at radius 3 is 0.679 bits per heavy atom. The van der Waals surface area contributed by atoms with Crippen LogP contribution in [-0.2, 0) is 65.4 Å². The van der Waals surface area contributed by atoms with Crippen molar-refractivity contribution in [1.82, 2.24) is 0 Å². The van der Waals surface area contributed by atoms with Crippen molar-refractivity contribution in [3.63, 3.8) is 0 Å². The van der Waals surface area contributed by atoms with Crippen molar-refractivity contribution in [2.24, 2.45) is 17.8 Å². The number of phosphoric ester groups is 2. The van der Waals surface area contributed by atoms with E-state index in [9.17, 15) is 43.2 Å². The number of carbonyl (C=O) groups excluding carboxylic acids is 4. The molecular weight excluding hydrogens is 1450 g/mol. The Morgan fingerprint density at radius 1 is 0.259 bits per heavy atom. The summed E-state index contributed by atoms with van der Waals surface area (Å²) in [4.78, 5) is 73.5. The van der Waals surface area contributed by atoms with E-state index in [2.05, 4.69) is 48.5 Å². The van der Waals surface area contributed by atoms with Crippen LogP contribution in [0.25, 0.3) is 0 Å². The van der Waals surface area contributed by atoms with Gasteiger partial charge in [-0.1, -0.05) is 447 Å². The molecule has 7 atom stereocenters. The highest BCUT2D eigenvalue weighted by molar-refractivity contribution is 7.47. The second-order valence-corrected chi connectivity index (χ2v) is 37.3. The second-order valence-electron chi connectivity index (χ2n) is 34.4. The first-order valence-corrected chi connectivity index (χ1v) is 50.9. The molecule has 0 spiro atoms. The van der Waals surface area contributed by atoms with Crippen LogP contribution in [0.3, 0.4) is 0 Å². The quantitative estimate of drug-likeness (QED) is 0.0222. The predicted molar refractivity (Wildman–Crippen MR) is 465 cm³/mol. The maximum atomic E-state index is 13.2. The normalized spacial score (nSPS) is 14.2. The molecule has 112 heavy (non-hydrogen) atoms. The van der Waals surface area contributed by atoms with Crippen LogP contribution < -0.4 is 0 Å². The lowest BCUT2D eigenvalue weighted by molar-refractivity contribution is -0.161. The second kappa shape index (κ2) is 82.7. The molecule has 19 heteroatoms. The average molecular weight is 1630 g/mol. The first-order chi connectivity index (χ1) is 54.3. The van der Waals surface area contributed by atoms with Gasteiger partial charge >= 0.3 is 39.5 Å². The molecule has 3 N–H and O–H groups in total. The smallest absolute Gasteiger partial charge is 0.462 e. The molecule has 0 fully saturated rings. The first kappa shape index (κ1) is 110. The maximum Gasteiger partial charge on any atom is 0.472 e. The van der Waals surface area contributed by atoms with E-state index in [1.165, 1.54) is 308 Å². The lowest BCUT2D eigenvalue weighted by Gasteiger charge is -2.21. The van der Waals surface area contributed by atoms with Crippen LogP contribution in [0.4, 0.5) is 0 Å². The van der Waals surface area contributed by atoms with Crippen LogP contribution in [0.2, 0.25) is 0 Å². The van der Waals surface area contributed by atoms with Gasteiger partial charge < -0.3 is 33.8 Å². The Hall–Kier alpha value is -1.94. The van der Waals surface area contributed by atoms with Crippen LogP contribution >= 0.6 is 15.6 Å². The Kier molecular flexibility index (Phi) is 81.3. The summed E-state index contributed by atoms with van der Waals surface area (Å²) >= 11 is 0. The van der Waals surface area contributed by atoms with Gasteiger partial charge in [-0.2, -0.15) is 0 Å². The number of aliphatic hydroxyl groups excluding tert-OH is 1. The molecule has 0 saturated heterocycles. The Labute approximate surface area is 689 Å². The third kappa shape index (κ3) is 83.1. The maximum absolute atomic E-state index is 13.2. The SMILES string of the molecule is CCCCCCCCCCCCCCCCCCCC(=O)O[C@H](COC(=O)CCCCCCCCCCC(C)C)COP(=O)(O)OC[C@H](O)COP(=O)(O)OC[C@@H](COC(=O)CCCCCCCCCCCCCCCCCCCCC(C)CC)OC(=O)CCCCCCCCCCCCCCCCCCCCC(C)CC. The van der Waals surface area contributed by atoms with Gasteiger partial charge in [-0.3, -0.25) is 37.3 Å². The standard InChI is InChI=1S/C93H182O17P2/c1-8-11-12-13-14-15-16-17-18-23-31-36-41-46-55-62-69-77-93(98)110-89(81-104-91(96)75-68-61-54-49-48-50-57-64-71-84(4)5)83-108-112(101,102)106-79-87(94)78-105-111(99,100)107-82-88(109-92(97)76-70-63-56-47-42-37-32-27-22-20-25-29-34-39-44-52-59-66-73-86(7)10-3)80-103-90(95)74-67-60-53-45-40-35-30-26-21-19-24-28-33-38-43-51-58-65-72-85(6)9-2/h84-89,94H,8-83H2,1-7H3,(H,99,100)(H,101,102)/t85?,86?,87-,88-,89-/m1/s1. The van der Waals surface area contributed by atoms with Gasteiger partial charge in [-0.25, -0.2) is 9.13 Å². The van der Waals surface area contributed by atoms with Crippen LogP contribution in [0.5, 0.6) is 0 Å². The topological polar surface area (TPSA) is 237 Å². The summed E-state index contributed by atoms with van der Waals surface area (Å²) in [6.07, 6.45) is 76.5. The van der Waals surface area contributed by atoms with Gasteiger partial charge in [-0.05, 0) is 43.4 Å². The largest absolute Gasteiger partial charge is 0.472 e. The number of hydrogen-bond acceptors (Lipinski definition) is 15. The fourth-order valence-electron chi connectivity index (χ4n) is 14.5. The van der Waals surface area contributed by atoms with Crippen LogP contribution in [0.15, 0.2) is 0 Å². The number of aliphatic hydroxyl groups is 1. The minimum Gasteiger partial charge on any atom is -0.462 e. The highest BCUT2D eigenvalue weighted by Gasteiger charge is 2.31. The molecule has 666 valence electrons. The molecule has 0 aromatic rings. The molecule has 0 heterocycles. The number of rotatable bonds is 91. The lowest BCUT2D eigenvalue weighted by Crippen LogP contribution is -2.30. The molecule has 0 aromatic carbocycles. The minimum absolute atomic E-state index is 0.108. The molecule has 4 unspecified atom stereocenters. The van der Waals surface area contributed by atoms with E-state index >= 15 is 0 Å². The third-order valence-electron chi connectivity index (χ3n) is 22.6. The summed E-state index contributed by atoms with van der Waals surface area (Å²) in [5.41, 5.74) is 0. The molecule has 0 aliphatic rings. The van der Waals surface area contributed by atoms with E-state index in [0.29, 0.717) is 25.7 Å². The van der Waals surface area contributed by atoms with Crippen LogP contribution in [0, 0.1) is 17.8 Å². The zero-order valence-corrected chi connectivity index (χ0v) is 75.9. The lowest BCUT2D eigenvalue weighted by atomic mass is 9.99. The van der Waals surface area contributed by atoms with Gasteiger partial charge in [0.1, 0.15) is 19.3 Å². The van der Waals surface area contributed by atoms with Gasteiger partial charge in [0.15, 0.2) is 12.2 Å². The summed E-state index contributed by atoms with van der Waals surface area (Å²) in [5.74, 6) is 0.374. The highest BCUT2D eigenvalue weighted by atomic mass is 31.2. The Balaban J connectivity index is 5.23.